The Hall–Kier alpha value is -2.29. The number of thiocarbonyl (C=S) groups is 1. The maximum Gasteiger partial charge on any atom is 0.257 e. The maximum absolute atomic E-state index is 12.8. The molecule has 8 heteroatoms. The van der Waals surface area contributed by atoms with Gasteiger partial charge in [-0.15, -0.1) is 0 Å². The van der Waals surface area contributed by atoms with Crippen LogP contribution in [0.25, 0.3) is 0 Å². The van der Waals surface area contributed by atoms with Crippen molar-refractivity contribution in [3.05, 3.63) is 59.7 Å². The third kappa shape index (κ3) is 6.35. The fraction of sp³-hybridized carbons (Fsp3) is 0.333. The maximum atomic E-state index is 12.8. The van der Waals surface area contributed by atoms with E-state index in [0.29, 0.717) is 24.3 Å². The Morgan fingerprint density at radius 3 is 2.21 bits per heavy atom. The third-order valence-electron chi connectivity index (χ3n) is 4.20. The van der Waals surface area contributed by atoms with Crippen LogP contribution in [0.3, 0.4) is 0 Å². The summed E-state index contributed by atoms with van der Waals surface area (Å²) >= 11 is 5.19. The van der Waals surface area contributed by atoms with Gasteiger partial charge in [0, 0.05) is 24.3 Å². The van der Waals surface area contributed by atoms with E-state index >= 15 is 0 Å². The number of carbonyl (C=O) groups excluding carboxylic acids is 1. The first kappa shape index (κ1) is 23.0. The second kappa shape index (κ2) is 10.5. The number of sulfonamides is 1. The Morgan fingerprint density at radius 1 is 1.03 bits per heavy atom. The fourth-order valence-corrected chi connectivity index (χ4v) is 4.67. The molecule has 0 unspecified atom stereocenters. The molecular weight excluding hydrogens is 406 g/mol. The van der Waals surface area contributed by atoms with Gasteiger partial charge in [-0.05, 0) is 68.4 Å². The lowest BCUT2D eigenvalue weighted by atomic mass is 10.1. The van der Waals surface area contributed by atoms with Gasteiger partial charge in [-0.25, -0.2) is 8.42 Å². The largest absolute Gasteiger partial charge is 0.332 e. The SMILES string of the molecule is CCCN(CCC)S(=O)(=O)c1ccc(NC(=S)NC(=O)c2cccc(C)c2)cc1. The van der Waals surface area contributed by atoms with E-state index in [0.717, 1.165) is 18.4 Å². The quantitative estimate of drug-likeness (QED) is 0.617. The highest BCUT2D eigenvalue weighted by Gasteiger charge is 2.22. The molecule has 29 heavy (non-hydrogen) atoms. The first-order chi connectivity index (χ1) is 13.8. The average Bonchev–Trinajstić information content (AvgIpc) is 2.68. The number of anilines is 1. The topological polar surface area (TPSA) is 78.5 Å². The Labute approximate surface area is 178 Å². The van der Waals surface area contributed by atoms with Crippen molar-refractivity contribution in [2.45, 2.75) is 38.5 Å². The van der Waals surface area contributed by atoms with Gasteiger partial charge in [-0.3, -0.25) is 10.1 Å². The van der Waals surface area contributed by atoms with Gasteiger partial charge in [-0.2, -0.15) is 4.31 Å². The van der Waals surface area contributed by atoms with Crippen LogP contribution >= 0.6 is 12.2 Å². The van der Waals surface area contributed by atoms with E-state index in [4.69, 9.17) is 12.2 Å². The van der Waals surface area contributed by atoms with E-state index in [1.54, 1.807) is 42.5 Å². The molecule has 0 atom stereocenters. The first-order valence-electron chi connectivity index (χ1n) is 9.57. The smallest absolute Gasteiger partial charge is 0.257 e. The first-order valence-corrected chi connectivity index (χ1v) is 11.4. The standard InChI is InChI=1S/C21H27N3O3S2/c1-4-13-24(14-5-2)29(26,27)19-11-9-18(10-12-19)22-21(28)23-20(25)17-8-6-7-16(3)15-17/h6-12,15H,4-5,13-14H2,1-3H3,(H2,22,23,25,28). The van der Waals surface area contributed by atoms with Gasteiger partial charge in [-0.1, -0.05) is 31.5 Å². The highest BCUT2D eigenvalue weighted by Crippen LogP contribution is 2.19. The molecule has 0 aliphatic carbocycles. The van der Waals surface area contributed by atoms with Crippen LogP contribution in [0.1, 0.15) is 42.6 Å². The third-order valence-corrected chi connectivity index (χ3v) is 6.32. The average molecular weight is 434 g/mol. The second-order valence-electron chi connectivity index (χ2n) is 6.71. The van der Waals surface area contributed by atoms with E-state index in [2.05, 4.69) is 10.6 Å². The molecule has 2 aromatic rings. The van der Waals surface area contributed by atoms with Gasteiger partial charge in [0.05, 0.1) is 4.90 Å². The number of benzene rings is 2. The van der Waals surface area contributed by atoms with Crippen LogP contribution in [-0.2, 0) is 10.0 Å². The summed E-state index contributed by atoms with van der Waals surface area (Å²) in [4.78, 5) is 12.5. The van der Waals surface area contributed by atoms with Gasteiger partial charge in [0.25, 0.3) is 5.91 Å². The number of nitrogens with one attached hydrogen (secondary N) is 2. The molecule has 2 rings (SSSR count). The number of hydrogen-bond acceptors (Lipinski definition) is 4. The van der Waals surface area contributed by atoms with Gasteiger partial charge in [0.2, 0.25) is 10.0 Å². The predicted molar refractivity (Wildman–Crippen MR) is 121 cm³/mol. The minimum Gasteiger partial charge on any atom is -0.332 e. The molecule has 6 nitrogen and oxygen atoms in total. The van der Waals surface area contributed by atoms with E-state index < -0.39 is 10.0 Å². The monoisotopic (exact) mass is 433 g/mol. The van der Waals surface area contributed by atoms with Crippen molar-refractivity contribution < 1.29 is 13.2 Å². The molecule has 0 aliphatic rings. The molecule has 0 bridgehead atoms. The molecule has 0 aromatic heterocycles. The summed E-state index contributed by atoms with van der Waals surface area (Å²) in [5, 5.41) is 5.67. The Kier molecular flexibility index (Phi) is 8.31. The minimum atomic E-state index is -3.53. The van der Waals surface area contributed by atoms with Crippen LogP contribution in [0.2, 0.25) is 0 Å². The fourth-order valence-electron chi connectivity index (χ4n) is 2.83. The summed E-state index contributed by atoms with van der Waals surface area (Å²) < 4.78 is 27.1. The summed E-state index contributed by atoms with van der Waals surface area (Å²) in [5.74, 6) is -0.305. The van der Waals surface area contributed by atoms with Crippen molar-refractivity contribution in [1.29, 1.82) is 0 Å². The number of hydrogen-bond donors (Lipinski definition) is 2. The van der Waals surface area contributed by atoms with Gasteiger partial charge in [0.1, 0.15) is 0 Å². The molecule has 156 valence electrons. The highest BCUT2D eigenvalue weighted by atomic mass is 32.2. The minimum absolute atomic E-state index is 0.144. The zero-order valence-corrected chi connectivity index (χ0v) is 18.6. The van der Waals surface area contributed by atoms with Crippen molar-refractivity contribution in [3.8, 4) is 0 Å². The lowest BCUT2D eigenvalue weighted by Crippen LogP contribution is -2.34. The number of amides is 1. The normalized spacial score (nSPS) is 11.3. The van der Waals surface area contributed by atoms with E-state index in [-0.39, 0.29) is 15.9 Å². The molecule has 0 saturated heterocycles. The molecule has 0 aliphatic heterocycles. The van der Waals surface area contributed by atoms with Crippen LogP contribution in [0.5, 0.6) is 0 Å². The van der Waals surface area contributed by atoms with Crippen molar-refractivity contribution >= 4 is 38.9 Å². The zero-order valence-electron chi connectivity index (χ0n) is 16.9. The molecule has 0 spiro atoms. The van der Waals surface area contributed by atoms with Gasteiger partial charge < -0.3 is 5.32 Å². The Morgan fingerprint density at radius 2 is 1.66 bits per heavy atom. The van der Waals surface area contributed by atoms with Crippen LogP contribution in [0, 0.1) is 6.92 Å². The molecular formula is C21H27N3O3S2. The Balaban J connectivity index is 2.04. The molecule has 2 N–H and O–H groups in total. The summed E-state index contributed by atoms with van der Waals surface area (Å²) in [6, 6.07) is 13.5. The molecule has 0 saturated carbocycles. The molecule has 0 radical (unpaired) electrons. The zero-order chi connectivity index (χ0) is 21.4. The summed E-state index contributed by atoms with van der Waals surface area (Å²) in [7, 11) is -3.53. The van der Waals surface area contributed by atoms with Crippen LogP contribution < -0.4 is 10.6 Å². The second-order valence-corrected chi connectivity index (χ2v) is 9.05. The Bertz CT molecular complexity index is 951. The number of rotatable bonds is 8. The summed E-state index contributed by atoms with van der Waals surface area (Å²) in [6.45, 7) is 6.80. The van der Waals surface area contributed by atoms with Crippen LogP contribution in [0.4, 0.5) is 5.69 Å². The lowest BCUT2D eigenvalue weighted by molar-refractivity contribution is 0.0977. The highest BCUT2D eigenvalue weighted by molar-refractivity contribution is 7.89. The summed E-state index contributed by atoms with van der Waals surface area (Å²) in [5.41, 5.74) is 2.09. The van der Waals surface area contributed by atoms with Crippen LogP contribution in [-0.4, -0.2) is 36.8 Å². The predicted octanol–water partition coefficient (Wildman–Crippen LogP) is 3.93. The molecule has 0 heterocycles. The van der Waals surface area contributed by atoms with E-state index in [9.17, 15) is 13.2 Å². The number of nitrogens with zero attached hydrogens (tertiary/aromatic N) is 1. The van der Waals surface area contributed by atoms with Crippen molar-refractivity contribution in [2.75, 3.05) is 18.4 Å². The number of aryl methyl sites for hydroxylation is 1. The summed E-state index contributed by atoms with van der Waals surface area (Å²) in [6.07, 6.45) is 1.52. The molecule has 1 amide bonds. The molecule has 0 fully saturated rings. The van der Waals surface area contributed by atoms with E-state index in [1.807, 2.05) is 26.8 Å². The number of carbonyl (C=O) groups is 1. The van der Waals surface area contributed by atoms with Crippen LogP contribution in [0.15, 0.2) is 53.4 Å². The van der Waals surface area contributed by atoms with E-state index in [1.165, 1.54) is 4.31 Å². The van der Waals surface area contributed by atoms with Crippen molar-refractivity contribution in [2.24, 2.45) is 0 Å². The van der Waals surface area contributed by atoms with Crippen molar-refractivity contribution in [1.82, 2.24) is 9.62 Å². The molecule has 2 aromatic carbocycles. The van der Waals surface area contributed by atoms with Gasteiger partial charge >= 0.3 is 0 Å². The van der Waals surface area contributed by atoms with Gasteiger partial charge in [0.15, 0.2) is 5.11 Å². The lowest BCUT2D eigenvalue weighted by Gasteiger charge is -2.21. The van der Waals surface area contributed by atoms with Crippen molar-refractivity contribution in [3.63, 3.8) is 0 Å².